The van der Waals surface area contributed by atoms with E-state index in [9.17, 15) is 18.3 Å². The molecule has 2 rings (SSSR count). The first-order chi connectivity index (χ1) is 9.94. The average Bonchev–Trinajstić information content (AvgIpc) is 2.49. The highest BCUT2D eigenvalue weighted by Crippen LogP contribution is 2.25. The number of ketones is 1. The zero-order valence-corrected chi connectivity index (χ0v) is 12.2. The fourth-order valence-corrected chi connectivity index (χ4v) is 2.92. The van der Waals surface area contributed by atoms with Crippen molar-refractivity contribution in [1.82, 2.24) is 0 Å². The normalized spacial score (nSPS) is 11.1. The van der Waals surface area contributed by atoms with Crippen LogP contribution in [0.4, 0.5) is 5.69 Å². The molecule has 0 radical (unpaired) electrons. The Morgan fingerprint density at radius 3 is 2.52 bits per heavy atom. The third-order valence-electron chi connectivity index (χ3n) is 2.94. The lowest BCUT2D eigenvalue weighted by Gasteiger charge is -2.10. The number of nitrogens with one attached hydrogen (secondary N) is 1. The molecule has 110 valence electrons. The lowest BCUT2D eigenvalue weighted by atomic mass is 10.1. The molecule has 6 heteroatoms. The summed E-state index contributed by atoms with van der Waals surface area (Å²) in [6, 6.07) is 11.8. The molecule has 0 aliphatic rings. The quantitative estimate of drug-likeness (QED) is 0.657. The zero-order valence-electron chi connectivity index (χ0n) is 11.4. The van der Waals surface area contributed by atoms with Gasteiger partial charge < -0.3 is 5.11 Å². The van der Waals surface area contributed by atoms with E-state index in [4.69, 9.17) is 0 Å². The van der Waals surface area contributed by atoms with E-state index < -0.39 is 10.0 Å². The molecule has 2 N–H and O–H groups in total. The van der Waals surface area contributed by atoms with Gasteiger partial charge in [-0.1, -0.05) is 31.2 Å². The summed E-state index contributed by atoms with van der Waals surface area (Å²) in [6.45, 7) is 1.71. The SMILES string of the molecule is CCC(=O)c1cccc(S(=O)(=O)Nc2ccccc2O)c1. The maximum absolute atomic E-state index is 12.3. The average molecular weight is 305 g/mol. The van der Waals surface area contributed by atoms with Crippen molar-refractivity contribution < 1.29 is 18.3 Å². The first-order valence-corrected chi connectivity index (χ1v) is 7.86. The van der Waals surface area contributed by atoms with Crippen LogP contribution in [0.2, 0.25) is 0 Å². The summed E-state index contributed by atoms with van der Waals surface area (Å²) in [6.07, 6.45) is 0.302. The van der Waals surface area contributed by atoms with E-state index >= 15 is 0 Å². The van der Waals surface area contributed by atoms with Crippen molar-refractivity contribution in [3.8, 4) is 5.75 Å². The van der Waals surface area contributed by atoms with Gasteiger partial charge in [-0.15, -0.1) is 0 Å². The fourth-order valence-electron chi connectivity index (χ4n) is 1.80. The van der Waals surface area contributed by atoms with Gasteiger partial charge in [0.05, 0.1) is 10.6 Å². The second kappa shape index (κ2) is 5.97. The highest BCUT2D eigenvalue weighted by Gasteiger charge is 2.17. The van der Waals surface area contributed by atoms with Crippen LogP contribution in [0.5, 0.6) is 5.75 Å². The maximum atomic E-state index is 12.3. The molecule has 0 spiro atoms. The Morgan fingerprint density at radius 2 is 1.86 bits per heavy atom. The minimum atomic E-state index is -3.86. The van der Waals surface area contributed by atoms with Gasteiger partial charge in [0.1, 0.15) is 5.75 Å². The van der Waals surface area contributed by atoms with Crippen molar-refractivity contribution in [1.29, 1.82) is 0 Å². The molecule has 2 aromatic carbocycles. The highest BCUT2D eigenvalue weighted by molar-refractivity contribution is 7.92. The predicted octanol–water partition coefficient (Wildman–Crippen LogP) is 2.79. The Hall–Kier alpha value is -2.34. The Balaban J connectivity index is 2.36. The molecule has 0 bridgehead atoms. The summed E-state index contributed by atoms with van der Waals surface area (Å²) in [5, 5.41) is 9.62. The summed E-state index contributed by atoms with van der Waals surface area (Å²) < 4.78 is 26.9. The number of hydrogen-bond donors (Lipinski definition) is 2. The Kier molecular flexibility index (Phi) is 4.28. The number of para-hydroxylation sites is 2. The minimum absolute atomic E-state index is 0.0231. The molecule has 5 nitrogen and oxygen atoms in total. The lowest BCUT2D eigenvalue weighted by molar-refractivity contribution is 0.0988. The zero-order chi connectivity index (χ0) is 15.5. The standard InChI is InChI=1S/C15H15NO4S/c1-2-14(17)11-6-5-7-12(10-11)21(19,20)16-13-8-3-4-9-15(13)18/h3-10,16,18H,2H2,1H3. The van der Waals surface area contributed by atoms with Gasteiger partial charge in [0.25, 0.3) is 10.0 Å². The van der Waals surface area contributed by atoms with E-state index in [1.807, 2.05) is 0 Å². The van der Waals surface area contributed by atoms with E-state index in [1.165, 1.54) is 30.3 Å². The fraction of sp³-hybridized carbons (Fsp3) is 0.133. The number of anilines is 1. The summed E-state index contributed by atoms with van der Waals surface area (Å²) in [7, 11) is -3.86. The minimum Gasteiger partial charge on any atom is -0.506 e. The van der Waals surface area contributed by atoms with Gasteiger partial charge in [0.2, 0.25) is 0 Å². The molecule has 0 heterocycles. The van der Waals surface area contributed by atoms with Gasteiger partial charge in [0, 0.05) is 12.0 Å². The number of rotatable bonds is 5. The number of Topliss-reactive ketones (excluding diaryl/α,β-unsaturated/α-hetero) is 1. The summed E-state index contributed by atoms with van der Waals surface area (Å²) >= 11 is 0. The van der Waals surface area contributed by atoms with Crippen LogP contribution in [-0.2, 0) is 10.0 Å². The topological polar surface area (TPSA) is 83.5 Å². The molecular weight excluding hydrogens is 290 g/mol. The van der Waals surface area contributed by atoms with Crippen LogP contribution in [0, 0.1) is 0 Å². The van der Waals surface area contributed by atoms with Crippen molar-refractivity contribution in [2.24, 2.45) is 0 Å². The monoisotopic (exact) mass is 305 g/mol. The van der Waals surface area contributed by atoms with Crippen molar-refractivity contribution in [3.05, 3.63) is 54.1 Å². The number of carbonyl (C=O) groups is 1. The maximum Gasteiger partial charge on any atom is 0.262 e. The molecule has 0 saturated carbocycles. The number of phenolic OH excluding ortho intramolecular Hbond substituents is 1. The van der Waals surface area contributed by atoms with Gasteiger partial charge in [-0.25, -0.2) is 8.42 Å². The Labute approximate surface area is 123 Å². The molecule has 0 saturated heterocycles. The largest absolute Gasteiger partial charge is 0.506 e. The first-order valence-electron chi connectivity index (χ1n) is 6.38. The number of hydrogen-bond acceptors (Lipinski definition) is 4. The number of aromatic hydroxyl groups is 1. The van der Waals surface area contributed by atoms with Gasteiger partial charge in [-0.05, 0) is 24.3 Å². The summed E-state index contributed by atoms with van der Waals surface area (Å²) in [5.41, 5.74) is 0.433. The van der Waals surface area contributed by atoms with Crippen LogP contribution in [0.3, 0.4) is 0 Å². The third-order valence-corrected chi connectivity index (χ3v) is 4.30. The van der Waals surface area contributed by atoms with Crippen LogP contribution < -0.4 is 4.72 Å². The second-order valence-electron chi connectivity index (χ2n) is 4.43. The molecule has 0 aliphatic carbocycles. The van der Waals surface area contributed by atoms with E-state index in [0.29, 0.717) is 12.0 Å². The van der Waals surface area contributed by atoms with Crippen molar-refractivity contribution in [3.63, 3.8) is 0 Å². The molecule has 0 fully saturated rings. The van der Waals surface area contributed by atoms with Crippen LogP contribution in [0.15, 0.2) is 53.4 Å². The van der Waals surface area contributed by atoms with Gasteiger partial charge >= 0.3 is 0 Å². The molecule has 0 unspecified atom stereocenters. The van der Waals surface area contributed by atoms with E-state index in [1.54, 1.807) is 25.1 Å². The molecule has 0 aliphatic heterocycles. The molecule has 0 atom stereocenters. The molecule has 2 aromatic rings. The van der Waals surface area contributed by atoms with Crippen molar-refractivity contribution in [2.75, 3.05) is 4.72 Å². The molecule has 21 heavy (non-hydrogen) atoms. The van der Waals surface area contributed by atoms with Crippen LogP contribution in [0.25, 0.3) is 0 Å². The van der Waals surface area contributed by atoms with Crippen molar-refractivity contribution in [2.45, 2.75) is 18.2 Å². The number of phenols is 1. The van der Waals surface area contributed by atoms with E-state index in [2.05, 4.69) is 4.72 Å². The van der Waals surface area contributed by atoms with E-state index in [0.717, 1.165) is 0 Å². The van der Waals surface area contributed by atoms with Gasteiger partial charge in [-0.3, -0.25) is 9.52 Å². The molecule has 0 amide bonds. The number of benzene rings is 2. The molecular formula is C15H15NO4S. The second-order valence-corrected chi connectivity index (χ2v) is 6.11. The van der Waals surface area contributed by atoms with E-state index in [-0.39, 0.29) is 22.1 Å². The predicted molar refractivity (Wildman–Crippen MR) is 80.0 cm³/mol. The number of carbonyl (C=O) groups excluding carboxylic acids is 1. The van der Waals surface area contributed by atoms with Crippen LogP contribution in [0.1, 0.15) is 23.7 Å². The Morgan fingerprint density at radius 1 is 1.14 bits per heavy atom. The third kappa shape index (κ3) is 3.41. The molecule has 0 aromatic heterocycles. The highest BCUT2D eigenvalue weighted by atomic mass is 32.2. The van der Waals surface area contributed by atoms with Crippen LogP contribution >= 0.6 is 0 Å². The smallest absolute Gasteiger partial charge is 0.262 e. The van der Waals surface area contributed by atoms with Gasteiger partial charge in [0.15, 0.2) is 5.78 Å². The summed E-state index contributed by atoms with van der Waals surface area (Å²) in [5.74, 6) is -0.295. The van der Waals surface area contributed by atoms with Gasteiger partial charge in [-0.2, -0.15) is 0 Å². The van der Waals surface area contributed by atoms with Crippen molar-refractivity contribution >= 4 is 21.5 Å². The summed E-state index contributed by atoms with van der Waals surface area (Å²) in [4.78, 5) is 11.6. The first kappa shape index (κ1) is 15.1. The van der Waals surface area contributed by atoms with Crippen LogP contribution in [-0.4, -0.2) is 19.3 Å². The number of sulfonamides is 1. The Bertz CT molecular complexity index is 769. The lowest BCUT2D eigenvalue weighted by Crippen LogP contribution is -2.13.